The van der Waals surface area contributed by atoms with Crippen LogP contribution in [0.4, 0.5) is 13.2 Å². The Bertz CT molecular complexity index is 614. The van der Waals surface area contributed by atoms with Crippen LogP contribution in [-0.4, -0.2) is 34.5 Å². The molecule has 4 nitrogen and oxygen atoms in total. The first-order valence-corrected chi connectivity index (χ1v) is 6.50. The van der Waals surface area contributed by atoms with E-state index in [1.165, 1.54) is 11.0 Å². The summed E-state index contributed by atoms with van der Waals surface area (Å²) in [6.07, 6.45) is -3.76. The number of rotatable bonds is 2. The molecule has 1 saturated carbocycles. The number of carbonyl (C=O) groups excluding carboxylic acids is 1. The molecule has 1 aliphatic heterocycles. The molecule has 0 radical (unpaired) electrons. The van der Waals surface area contributed by atoms with Gasteiger partial charge in [-0.3, -0.25) is 4.79 Å². The molecule has 2 aliphatic rings. The monoisotopic (exact) mass is 299 g/mol. The molecule has 1 amide bonds. The number of hydrogen-bond acceptors (Lipinski definition) is 2. The van der Waals surface area contributed by atoms with E-state index in [0.717, 1.165) is 24.6 Å². The van der Waals surface area contributed by atoms with Gasteiger partial charge in [-0.25, -0.2) is 4.79 Å². The van der Waals surface area contributed by atoms with Crippen molar-refractivity contribution < 1.29 is 27.9 Å². The lowest BCUT2D eigenvalue weighted by atomic mass is 10.1. The highest BCUT2D eigenvalue weighted by Gasteiger charge is 2.57. The van der Waals surface area contributed by atoms with Crippen LogP contribution < -0.4 is 0 Å². The van der Waals surface area contributed by atoms with Crippen molar-refractivity contribution in [2.45, 2.75) is 18.6 Å². The van der Waals surface area contributed by atoms with Gasteiger partial charge in [0, 0.05) is 12.1 Å². The topological polar surface area (TPSA) is 57.6 Å². The van der Waals surface area contributed by atoms with E-state index in [0.29, 0.717) is 6.54 Å². The van der Waals surface area contributed by atoms with Gasteiger partial charge in [0.15, 0.2) is 0 Å². The lowest BCUT2D eigenvalue weighted by Gasteiger charge is -2.24. The summed E-state index contributed by atoms with van der Waals surface area (Å²) >= 11 is 0. The third kappa shape index (κ3) is 2.36. The molecule has 0 unspecified atom stereocenters. The summed E-state index contributed by atoms with van der Waals surface area (Å²) < 4.78 is 38.0. The predicted octanol–water partition coefficient (Wildman–Crippen LogP) is 2.25. The number of alkyl halides is 3. The standard InChI is InChI=1S/C14H12F3NO3/c15-14(16,17)9-3-1-2-7(4-9)12(19)18-6-8-5-10(8)11(18)13(20)21/h1-4,8,10-11H,5-6H2,(H,20,21)/t8-,10+,11-/m0/s1. The summed E-state index contributed by atoms with van der Waals surface area (Å²) in [5, 5.41) is 9.19. The Kier molecular flexibility index (Phi) is 2.96. The number of carboxylic acids is 1. The molecule has 0 aromatic heterocycles. The van der Waals surface area contributed by atoms with Gasteiger partial charge in [0.2, 0.25) is 0 Å². The van der Waals surface area contributed by atoms with E-state index in [4.69, 9.17) is 0 Å². The SMILES string of the molecule is O=C(O)[C@@H]1[C@@H]2C[C@H]2CN1C(=O)c1cccc(C(F)(F)F)c1. The molecule has 1 heterocycles. The van der Waals surface area contributed by atoms with Crippen LogP contribution in [0, 0.1) is 11.8 Å². The summed E-state index contributed by atoms with van der Waals surface area (Å²) in [5.41, 5.74) is -1.04. The van der Waals surface area contributed by atoms with Crippen LogP contribution in [0.15, 0.2) is 24.3 Å². The first-order valence-electron chi connectivity index (χ1n) is 6.50. The fourth-order valence-electron chi connectivity index (χ4n) is 2.99. The summed E-state index contributed by atoms with van der Waals surface area (Å²) in [7, 11) is 0. The van der Waals surface area contributed by atoms with E-state index in [9.17, 15) is 27.9 Å². The minimum atomic E-state index is -4.53. The Hall–Kier alpha value is -2.05. The first-order chi connectivity index (χ1) is 9.79. The van der Waals surface area contributed by atoms with Gasteiger partial charge in [0.25, 0.3) is 5.91 Å². The van der Waals surface area contributed by atoms with Crippen molar-refractivity contribution in [1.29, 1.82) is 0 Å². The van der Waals surface area contributed by atoms with E-state index in [2.05, 4.69) is 0 Å². The maximum atomic E-state index is 12.7. The van der Waals surface area contributed by atoms with E-state index >= 15 is 0 Å². The second-order valence-corrected chi connectivity index (χ2v) is 5.48. The van der Waals surface area contributed by atoms with E-state index < -0.39 is 29.7 Å². The number of carboxylic acid groups (broad SMARTS) is 1. The van der Waals surface area contributed by atoms with Gasteiger partial charge in [-0.1, -0.05) is 6.07 Å². The molecular weight excluding hydrogens is 287 g/mol. The Balaban J connectivity index is 1.87. The largest absolute Gasteiger partial charge is 0.480 e. The van der Waals surface area contributed by atoms with Crippen LogP contribution in [-0.2, 0) is 11.0 Å². The molecule has 21 heavy (non-hydrogen) atoms. The number of piperidine rings is 1. The third-order valence-corrected chi connectivity index (χ3v) is 4.10. The molecule has 1 N–H and O–H groups in total. The second-order valence-electron chi connectivity index (χ2n) is 5.48. The first kappa shape index (κ1) is 13.9. The Morgan fingerprint density at radius 2 is 2.00 bits per heavy atom. The van der Waals surface area contributed by atoms with Crippen molar-refractivity contribution in [1.82, 2.24) is 4.90 Å². The van der Waals surface area contributed by atoms with Gasteiger partial charge in [-0.15, -0.1) is 0 Å². The number of benzene rings is 1. The number of aliphatic carboxylic acids is 1. The number of nitrogens with zero attached hydrogens (tertiary/aromatic N) is 1. The van der Waals surface area contributed by atoms with Gasteiger partial charge in [0.1, 0.15) is 6.04 Å². The van der Waals surface area contributed by atoms with Gasteiger partial charge < -0.3 is 10.0 Å². The zero-order valence-electron chi connectivity index (χ0n) is 10.8. The van der Waals surface area contributed by atoms with Gasteiger partial charge in [0.05, 0.1) is 5.56 Å². The summed E-state index contributed by atoms with van der Waals surface area (Å²) in [4.78, 5) is 24.7. The highest BCUT2D eigenvalue weighted by atomic mass is 19.4. The number of fused-ring (bicyclic) bond motifs is 1. The molecular formula is C14H12F3NO3. The summed E-state index contributed by atoms with van der Waals surface area (Å²) in [6, 6.07) is 3.17. The molecule has 3 rings (SSSR count). The van der Waals surface area contributed by atoms with Crippen LogP contribution >= 0.6 is 0 Å². The normalized spacial score (nSPS) is 27.4. The maximum absolute atomic E-state index is 12.7. The van der Waals surface area contributed by atoms with E-state index in [1.54, 1.807) is 0 Å². The van der Waals surface area contributed by atoms with Crippen LogP contribution in [0.5, 0.6) is 0 Å². The maximum Gasteiger partial charge on any atom is 0.416 e. The van der Waals surface area contributed by atoms with E-state index in [1.807, 2.05) is 0 Å². The molecule has 3 atom stereocenters. The van der Waals surface area contributed by atoms with Crippen LogP contribution in [0.1, 0.15) is 22.3 Å². The lowest BCUT2D eigenvalue weighted by Crippen LogP contribution is -2.43. The quantitative estimate of drug-likeness (QED) is 0.911. The fraction of sp³-hybridized carbons (Fsp3) is 0.429. The van der Waals surface area contributed by atoms with Crippen molar-refractivity contribution in [2.75, 3.05) is 6.54 Å². The summed E-state index contributed by atoms with van der Waals surface area (Å²) in [6.45, 7) is 0.302. The molecule has 0 spiro atoms. The number of carbonyl (C=O) groups is 2. The van der Waals surface area contributed by atoms with Gasteiger partial charge in [-0.2, -0.15) is 13.2 Å². The van der Waals surface area contributed by atoms with E-state index in [-0.39, 0.29) is 17.4 Å². The number of likely N-dealkylation sites (tertiary alicyclic amines) is 1. The molecule has 2 fully saturated rings. The smallest absolute Gasteiger partial charge is 0.416 e. The fourth-order valence-corrected chi connectivity index (χ4v) is 2.99. The zero-order chi connectivity index (χ0) is 15.4. The van der Waals surface area contributed by atoms with Crippen LogP contribution in [0.25, 0.3) is 0 Å². The highest BCUT2D eigenvalue weighted by molar-refractivity contribution is 5.97. The van der Waals surface area contributed by atoms with Gasteiger partial charge in [-0.05, 0) is 36.5 Å². The summed E-state index contributed by atoms with van der Waals surface area (Å²) in [5.74, 6) is -1.64. The molecule has 1 aromatic rings. The van der Waals surface area contributed by atoms with Crippen molar-refractivity contribution in [3.63, 3.8) is 0 Å². The molecule has 1 aliphatic carbocycles. The Morgan fingerprint density at radius 1 is 1.29 bits per heavy atom. The molecule has 1 saturated heterocycles. The number of hydrogen-bond donors (Lipinski definition) is 1. The minimum Gasteiger partial charge on any atom is -0.480 e. The highest BCUT2D eigenvalue weighted by Crippen LogP contribution is 2.50. The number of amides is 1. The molecule has 112 valence electrons. The molecule has 1 aromatic carbocycles. The molecule has 0 bridgehead atoms. The van der Waals surface area contributed by atoms with Crippen LogP contribution in [0.3, 0.4) is 0 Å². The van der Waals surface area contributed by atoms with Crippen molar-refractivity contribution >= 4 is 11.9 Å². The van der Waals surface area contributed by atoms with Crippen molar-refractivity contribution in [3.05, 3.63) is 35.4 Å². The Labute approximate surface area is 118 Å². The average Bonchev–Trinajstić information content (AvgIpc) is 3.07. The van der Waals surface area contributed by atoms with Crippen LogP contribution in [0.2, 0.25) is 0 Å². The lowest BCUT2D eigenvalue weighted by molar-refractivity contribution is -0.142. The van der Waals surface area contributed by atoms with Gasteiger partial charge >= 0.3 is 12.1 Å². The van der Waals surface area contributed by atoms with Crippen molar-refractivity contribution in [2.24, 2.45) is 11.8 Å². The average molecular weight is 299 g/mol. The Morgan fingerprint density at radius 3 is 2.62 bits per heavy atom. The minimum absolute atomic E-state index is 0.0581. The third-order valence-electron chi connectivity index (χ3n) is 4.10. The molecule has 7 heteroatoms. The predicted molar refractivity (Wildman–Crippen MR) is 65.5 cm³/mol. The number of halogens is 3. The zero-order valence-corrected chi connectivity index (χ0v) is 10.8. The van der Waals surface area contributed by atoms with Crippen molar-refractivity contribution in [3.8, 4) is 0 Å². The second kappa shape index (κ2) is 4.47.